The number of halogens is 1. The number of carbonyl (C=O) groups excluding carboxylic acids is 1. The molecule has 1 aromatic heterocycles. The van der Waals surface area contributed by atoms with Crippen LogP contribution in [0.15, 0.2) is 60.0 Å². The van der Waals surface area contributed by atoms with Crippen LogP contribution < -0.4 is 10.2 Å². The van der Waals surface area contributed by atoms with E-state index in [0.717, 1.165) is 43.4 Å². The number of thioether (sulfide) groups is 1. The molecule has 0 saturated carbocycles. The van der Waals surface area contributed by atoms with Gasteiger partial charge in [-0.2, -0.15) is 0 Å². The minimum atomic E-state index is -0.356. The Kier molecular flexibility index (Phi) is 6.56. The molecule has 1 atom stereocenters. The molecule has 0 aliphatic carbocycles. The third-order valence-electron chi connectivity index (χ3n) is 4.77. The molecule has 0 bridgehead atoms. The van der Waals surface area contributed by atoms with E-state index in [1.807, 2.05) is 60.0 Å². The molecule has 1 unspecified atom stereocenters. The second-order valence-corrected chi connectivity index (χ2v) is 8.60. The van der Waals surface area contributed by atoms with Gasteiger partial charge in [-0.05, 0) is 49.4 Å². The Balaban J connectivity index is 1.38. The number of amides is 1. The highest BCUT2D eigenvalue weighted by Crippen LogP contribution is 2.26. The number of aromatic nitrogens is 3. The van der Waals surface area contributed by atoms with Crippen LogP contribution in [0, 0.1) is 0 Å². The molecule has 2 heterocycles. The molecule has 1 N–H and O–H groups in total. The van der Waals surface area contributed by atoms with E-state index >= 15 is 0 Å². The Morgan fingerprint density at radius 1 is 1.17 bits per heavy atom. The quantitative estimate of drug-likeness (QED) is 0.583. The summed E-state index contributed by atoms with van der Waals surface area (Å²) in [5.41, 5.74) is 2.75. The Morgan fingerprint density at radius 2 is 1.93 bits per heavy atom. The lowest BCUT2D eigenvalue weighted by Crippen LogP contribution is -2.36. The van der Waals surface area contributed by atoms with Gasteiger partial charge in [-0.3, -0.25) is 9.36 Å². The second kappa shape index (κ2) is 9.51. The van der Waals surface area contributed by atoms with Crippen LogP contribution in [0.5, 0.6) is 0 Å². The Bertz CT molecular complexity index is 1000. The second-order valence-electron chi connectivity index (χ2n) is 6.86. The molecule has 7 nitrogen and oxygen atoms in total. The summed E-state index contributed by atoms with van der Waals surface area (Å²) in [6.45, 7) is 5.10. The highest BCUT2D eigenvalue weighted by Gasteiger charge is 2.19. The van der Waals surface area contributed by atoms with Crippen molar-refractivity contribution >= 4 is 40.6 Å². The molecular formula is C21H22ClN5O2S. The molecule has 9 heteroatoms. The number of ether oxygens (including phenoxy) is 1. The van der Waals surface area contributed by atoms with Crippen LogP contribution >= 0.6 is 23.4 Å². The maximum Gasteiger partial charge on any atom is 0.237 e. The van der Waals surface area contributed by atoms with Crippen molar-refractivity contribution in [3.05, 3.63) is 59.9 Å². The minimum absolute atomic E-state index is 0.0974. The normalized spacial score (nSPS) is 15.1. The van der Waals surface area contributed by atoms with Gasteiger partial charge in [-0.1, -0.05) is 29.4 Å². The number of rotatable bonds is 6. The molecule has 30 heavy (non-hydrogen) atoms. The Hall–Kier alpha value is -2.55. The maximum absolute atomic E-state index is 12.7. The number of nitrogens with one attached hydrogen (secondary N) is 1. The lowest BCUT2D eigenvalue weighted by Gasteiger charge is -2.28. The first kappa shape index (κ1) is 20.7. The van der Waals surface area contributed by atoms with Gasteiger partial charge in [0, 0.05) is 29.5 Å². The van der Waals surface area contributed by atoms with Crippen LogP contribution in [0.25, 0.3) is 5.69 Å². The summed E-state index contributed by atoms with van der Waals surface area (Å²) >= 11 is 7.43. The van der Waals surface area contributed by atoms with Crippen molar-refractivity contribution in [2.75, 3.05) is 36.5 Å². The van der Waals surface area contributed by atoms with E-state index in [9.17, 15) is 4.79 Å². The van der Waals surface area contributed by atoms with Crippen LogP contribution in [-0.4, -0.2) is 52.2 Å². The average molecular weight is 444 g/mol. The van der Waals surface area contributed by atoms with Gasteiger partial charge >= 0.3 is 0 Å². The van der Waals surface area contributed by atoms with Gasteiger partial charge < -0.3 is 15.0 Å². The smallest absolute Gasteiger partial charge is 0.237 e. The lowest BCUT2D eigenvalue weighted by atomic mass is 10.2. The molecule has 1 aliphatic rings. The average Bonchev–Trinajstić information content (AvgIpc) is 3.23. The first-order valence-electron chi connectivity index (χ1n) is 9.66. The van der Waals surface area contributed by atoms with Gasteiger partial charge in [0.2, 0.25) is 5.91 Å². The van der Waals surface area contributed by atoms with Crippen LogP contribution in [0.4, 0.5) is 11.4 Å². The van der Waals surface area contributed by atoms with E-state index in [2.05, 4.69) is 20.4 Å². The molecule has 2 aromatic carbocycles. The minimum Gasteiger partial charge on any atom is -0.378 e. The number of nitrogens with zero attached hydrogens (tertiary/aromatic N) is 4. The lowest BCUT2D eigenvalue weighted by molar-refractivity contribution is -0.115. The van der Waals surface area contributed by atoms with E-state index in [-0.39, 0.29) is 11.2 Å². The Labute approximate surface area is 184 Å². The molecule has 1 aliphatic heterocycles. The number of carbonyl (C=O) groups is 1. The summed E-state index contributed by atoms with van der Waals surface area (Å²) in [5.74, 6) is -0.0974. The molecule has 1 amide bonds. The molecular weight excluding hydrogens is 422 g/mol. The Morgan fingerprint density at radius 3 is 2.67 bits per heavy atom. The van der Waals surface area contributed by atoms with Crippen molar-refractivity contribution < 1.29 is 9.53 Å². The first-order valence-corrected chi connectivity index (χ1v) is 10.9. The van der Waals surface area contributed by atoms with E-state index in [1.54, 1.807) is 6.33 Å². The van der Waals surface area contributed by atoms with Crippen LogP contribution in [-0.2, 0) is 9.53 Å². The summed E-state index contributed by atoms with van der Waals surface area (Å²) in [6.07, 6.45) is 1.61. The number of benzene rings is 2. The van der Waals surface area contributed by atoms with E-state index in [1.165, 1.54) is 11.8 Å². The third-order valence-corrected chi connectivity index (χ3v) is 6.06. The fourth-order valence-electron chi connectivity index (χ4n) is 3.14. The molecule has 0 spiro atoms. The summed E-state index contributed by atoms with van der Waals surface area (Å²) in [4.78, 5) is 15.0. The molecule has 156 valence electrons. The van der Waals surface area contributed by atoms with Crippen LogP contribution in [0.1, 0.15) is 6.92 Å². The van der Waals surface area contributed by atoms with E-state index < -0.39 is 0 Å². The highest BCUT2D eigenvalue weighted by atomic mass is 35.5. The summed E-state index contributed by atoms with van der Waals surface area (Å²) < 4.78 is 7.21. The zero-order valence-electron chi connectivity index (χ0n) is 16.5. The zero-order chi connectivity index (χ0) is 20.9. The number of hydrogen-bond donors (Lipinski definition) is 1. The first-order chi connectivity index (χ1) is 14.6. The standard InChI is InChI=1S/C21H22ClN5O2S/c1-15(30-21-25-23-14-27(21)19-4-2-3-16(22)13-19)20(28)24-17-5-7-18(8-6-17)26-9-11-29-12-10-26/h2-8,13-15H,9-12H2,1H3,(H,24,28). The molecule has 4 rings (SSSR count). The molecule has 1 fully saturated rings. The van der Waals surface area contributed by atoms with Gasteiger partial charge in [0.05, 0.1) is 24.2 Å². The highest BCUT2D eigenvalue weighted by molar-refractivity contribution is 8.00. The third kappa shape index (κ3) is 4.95. The van der Waals surface area contributed by atoms with Crippen molar-refractivity contribution in [3.8, 4) is 5.69 Å². The predicted octanol–water partition coefficient (Wildman–Crippen LogP) is 3.88. The van der Waals surface area contributed by atoms with Gasteiger partial charge in [0.1, 0.15) is 6.33 Å². The van der Waals surface area contributed by atoms with Crippen LogP contribution in [0.3, 0.4) is 0 Å². The number of morpholine rings is 1. The molecule has 1 saturated heterocycles. The summed E-state index contributed by atoms with van der Waals surface area (Å²) in [5, 5.41) is 12.0. The number of anilines is 2. The number of hydrogen-bond acceptors (Lipinski definition) is 6. The summed E-state index contributed by atoms with van der Waals surface area (Å²) in [7, 11) is 0. The van der Waals surface area contributed by atoms with Gasteiger partial charge in [0.15, 0.2) is 5.16 Å². The maximum atomic E-state index is 12.7. The van der Waals surface area contributed by atoms with Crippen molar-refractivity contribution in [2.45, 2.75) is 17.3 Å². The van der Waals surface area contributed by atoms with Crippen molar-refractivity contribution in [1.29, 1.82) is 0 Å². The summed E-state index contributed by atoms with van der Waals surface area (Å²) in [6, 6.07) is 15.3. The fraction of sp³-hybridized carbons (Fsp3) is 0.286. The van der Waals surface area contributed by atoms with Gasteiger partial charge in [0.25, 0.3) is 0 Å². The van der Waals surface area contributed by atoms with E-state index in [4.69, 9.17) is 16.3 Å². The monoisotopic (exact) mass is 443 g/mol. The van der Waals surface area contributed by atoms with Gasteiger partial charge in [-0.25, -0.2) is 0 Å². The SMILES string of the molecule is CC(Sc1nncn1-c1cccc(Cl)c1)C(=O)Nc1ccc(N2CCOCC2)cc1. The zero-order valence-corrected chi connectivity index (χ0v) is 18.1. The topological polar surface area (TPSA) is 72.3 Å². The van der Waals surface area contributed by atoms with Crippen molar-refractivity contribution in [3.63, 3.8) is 0 Å². The van der Waals surface area contributed by atoms with Crippen molar-refractivity contribution in [2.24, 2.45) is 0 Å². The molecule has 3 aromatic rings. The fourth-order valence-corrected chi connectivity index (χ4v) is 4.17. The van der Waals surface area contributed by atoms with Crippen molar-refractivity contribution in [1.82, 2.24) is 14.8 Å². The van der Waals surface area contributed by atoms with E-state index in [0.29, 0.717) is 10.2 Å². The molecule has 0 radical (unpaired) electrons. The van der Waals surface area contributed by atoms with Gasteiger partial charge in [-0.15, -0.1) is 10.2 Å². The predicted molar refractivity (Wildman–Crippen MR) is 120 cm³/mol. The largest absolute Gasteiger partial charge is 0.378 e. The van der Waals surface area contributed by atoms with Crippen LogP contribution in [0.2, 0.25) is 5.02 Å².